The third kappa shape index (κ3) is 4.01. The highest BCUT2D eigenvalue weighted by atomic mass is 79.9. The maximum absolute atomic E-state index is 6.31. The summed E-state index contributed by atoms with van der Waals surface area (Å²) >= 11 is 5.30. The van der Waals surface area contributed by atoms with Crippen LogP contribution >= 0.6 is 27.7 Å². The van der Waals surface area contributed by atoms with Crippen molar-refractivity contribution in [3.05, 3.63) is 58.6 Å². The molecular formula is C16H18BrNOS. The fourth-order valence-electron chi connectivity index (χ4n) is 1.90. The molecule has 2 nitrogen and oxygen atoms in total. The van der Waals surface area contributed by atoms with Crippen molar-refractivity contribution in [2.45, 2.75) is 17.9 Å². The maximum Gasteiger partial charge on any atom is 0.124 e. The van der Waals surface area contributed by atoms with Crippen molar-refractivity contribution in [1.29, 1.82) is 0 Å². The second kappa shape index (κ2) is 7.72. The van der Waals surface area contributed by atoms with Gasteiger partial charge in [-0.2, -0.15) is 0 Å². The van der Waals surface area contributed by atoms with Gasteiger partial charge < -0.3 is 10.5 Å². The number of thioether (sulfide) groups is 1. The van der Waals surface area contributed by atoms with Crippen molar-refractivity contribution in [2.24, 2.45) is 5.73 Å². The van der Waals surface area contributed by atoms with Crippen LogP contribution in [-0.2, 0) is 0 Å². The van der Waals surface area contributed by atoms with Gasteiger partial charge in [0.2, 0.25) is 0 Å². The Morgan fingerprint density at radius 1 is 1.15 bits per heavy atom. The highest BCUT2D eigenvalue weighted by Crippen LogP contribution is 2.32. The fraction of sp³-hybridized carbons (Fsp3) is 0.250. The summed E-state index contributed by atoms with van der Waals surface area (Å²) in [5, 5.41) is 0. The number of halogens is 1. The molecular weight excluding hydrogens is 334 g/mol. The van der Waals surface area contributed by atoms with Crippen molar-refractivity contribution >= 4 is 27.7 Å². The molecule has 0 saturated heterocycles. The summed E-state index contributed by atoms with van der Waals surface area (Å²) in [6.07, 6.45) is 0. The Kier molecular flexibility index (Phi) is 5.95. The summed E-state index contributed by atoms with van der Waals surface area (Å²) in [6, 6.07) is 16.1. The van der Waals surface area contributed by atoms with E-state index in [0.29, 0.717) is 6.61 Å². The highest BCUT2D eigenvalue weighted by molar-refractivity contribution is 9.10. The van der Waals surface area contributed by atoms with E-state index >= 15 is 0 Å². The minimum absolute atomic E-state index is 0.0464. The second-order valence-electron chi connectivity index (χ2n) is 4.32. The summed E-state index contributed by atoms with van der Waals surface area (Å²) in [6.45, 7) is 2.64. The van der Waals surface area contributed by atoms with Crippen molar-refractivity contribution in [3.8, 4) is 5.75 Å². The molecule has 0 bridgehead atoms. The van der Waals surface area contributed by atoms with Crippen LogP contribution in [0.1, 0.15) is 18.5 Å². The Morgan fingerprint density at radius 3 is 2.60 bits per heavy atom. The fourth-order valence-corrected chi connectivity index (χ4v) is 3.45. The number of nitrogens with two attached hydrogens (primary N) is 1. The Balaban J connectivity index is 2.05. The lowest BCUT2D eigenvalue weighted by atomic mass is 10.1. The first kappa shape index (κ1) is 15.4. The van der Waals surface area contributed by atoms with Crippen molar-refractivity contribution in [1.82, 2.24) is 0 Å². The molecule has 1 atom stereocenters. The zero-order valence-corrected chi connectivity index (χ0v) is 13.8. The first-order chi connectivity index (χ1) is 9.72. The molecule has 0 aliphatic rings. The molecule has 1 unspecified atom stereocenters. The van der Waals surface area contributed by atoms with Gasteiger partial charge in [-0.1, -0.05) is 30.3 Å². The Morgan fingerprint density at radius 2 is 1.85 bits per heavy atom. The van der Waals surface area contributed by atoms with E-state index in [1.165, 1.54) is 4.90 Å². The van der Waals surface area contributed by atoms with Gasteiger partial charge in [-0.05, 0) is 41.1 Å². The van der Waals surface area contributed by atoms with Gasteiger partial charge >= 0.3 is 0 Å². The topological polar surface area (TPSA) is 35.2 Å². The van der Waals surface area contributed by atoms with Gasteiger partial charge in [0.05, 0.1) is 6.61 Å². The molecule has 0 heterocycles. The van der Waals surface area contributed by atoms with Crippen LogP contribution in [0.2, 0.25) is 0 Å². The van der Waals surface area contributed by atoms with Crippen LogP contribution in [0.4, 0.5) is 0 Å². The van der Waals surface area contributed by atoms with Crippen LogP contribution in [0.15, 0.2) is 57.9 Å². The molecule has 0 aliphatic carbocycles. The average molecular weight is 352 g/mol. The van der Waals surface area contributed by atoms with E-state index < -0.39 is 0 Å². The number of rotatable bonds is 6. The average Bonchev–Trinajstić information content (AvgIpc) is 2.47. The monoisotopic (exact) mass is 351 g/mol. The van der Waals surface area contributed by atoms with E-state index in [1.54, 1.807) is 11.8 Å². The molecule has 0 fully saturated rings. The van der Waals surface area contributed by atoms with Crippen LogP contribution < -0.4 is 10.5 Å². The Labute approximate surface area is 132 Å². The molecule has 4 heteroatoms. The molecule has 2 N–H and O–H groups in total. The van der Waals surface area contributed by atoms with Gasteiger partial charge in [0.15, 0.2) is 0 Å². The number of benzene rings is 2. The lowest BCUT2D eigenvalue weighted by molar-refractivity contribution is 0.335. The zero-order valence-electron chi connectivity index (χ0n) is 11.4. The van der Waals surface area contributed by atoms with E-state index in [4.69, 9.17) is 10.5 Å². The van der Waals surface area contributed by atoms with E-state index in [-0.39, 0.29) is 6.04 Å². The van der Waals surface area contributed by atoms with E-state index in [2.05, 4.69) is 22.0 Å². The van der Waals surface area contributed by atoms with E-state index in [1.807, 2.05) is 49.4 Å². The summed E-state index contributed by atoms with van der Waals surface area (Å²) in [4.78, 5) is 1.21. The largest absolute Gasteiger partial charge is 0.494 e. The predicted molar refractivity (Wildman–Crippen MR) is 89.4 cm³/mol. The van der Waals surface area contributed by atoms with Crippen LogP contribution in [-0.4, -0.2) is 12.4 Å². The molecule has 2 rings (SSSR count). The van der Waals surface area contributed by atoms with Crippen LogP contribution in [0, 0.1) is 0 Å². The number of hydrogen-bond acceptors (Lipinski definition) is 3. The summed E-state index contributed by atoms with van der Waals surface area (Å²) < 4.78 is 6.74. The molecule has 20 heavy (non-hydrogen) atoms. The Hall–Kier alpha value is -0.970. The van der Waals surface area contributed by atoms with Gasteiger partial charge in [-0.25, -0.2) is 0 Å². The summed E-state index contributed by atoms with van der Waals surface area (Å²) in [7, 11) is 0. The van der Waals surface area contributed by atoms with Gasteiger partial charge in [-0.3, -0.25) is 0 Å². The SMILES string of the molecule is CCOc1ccccc1C(N)CSc1ccccc1Br. The smallest absolute Gasteiger partial charge is 0.124 e. The van der Waals surface area contributed by atoms with Crippen LogP contribution in [0.3, 0.4) is 0 Å². The van der Waals surface area contributed by atoms with Crippen LogP contribution in [0.25, 0.3) is 0 Å². The highest BCUT2D eigenvalue weighted by Gasteiger charge is 2.12. The molecule has 2 aromatic carbocycles. The molecule has 0 saturated carbocycles. The summed E-state index contributed by atoms with van der Waals surface area (Å²) in [5.74, 6) is 1.70. The molecule has 0 radical (unpaired) electrons. The van der Waals surface area contributed by atoms with Crippen molar-refractivity contribution < 1.29 is 4.74 Å². The van der Waals surface area contributed by atoms with E-state index in [9.17, 15) is 0 Å². The predicted octanol–water partition coefficient (Wildman–Crippen LogP) is 4.64. The minimum Gasteiger partial charge on any atom is -0.494 e. The zero-order chi connectivity index (χ0) is 14.4. The molecule has 0 aromatic heterocycles. The molecule has 2 aromatic rings. The number of ether oxygens (including phenoxy) is 1. The molecule has 0 aliphatic heterocycles. The third-order valence-electron chi connectivity index (χ3n) is 2.87. The standard InChI is InChI=1S/C16H18BrNOS/c1-2-19-15-9-5-3-7-12(15)14(18)11-20-16-10-6-4-8-13(16)17/h3-10,14H,2,11,18H2,1H3. The molecule has 0 spiro atoms. The number of hydrogen-bond donors (Lipinski definition) is 1. The third-order valence-corrected chi connectivity index (χ3v) is 5.02. The van der Waals surface area contributed by atoms with Crippen molar-refractivity contribution in [2.75, 3.05) is 12.4 Å². The van der Waals surface area contributed by atoms with Gasteiger partial charge in [0.25, 0.3) is 0 Å². The minimum atomic E-state index is -0.0464. The van der Waals surface area contributed by atoms with Gasteiger partial charge in [-0.15, -0.1) is 11.8 Å². The maximum atomic E-state index is 6.31. The normalized spacial score (nSPS) is 12.2. The molecule has 0 amide bonds. The lowest BCUT2D eigenvalue weighted by Crippen LogP contribution is -2.14. The van der Waals surface area contributed by atoms with Gasteiger partial charge in [0.1, 0.15) is 5.75 Å². The van der Waals surface area contributed by atoms with Crippen molar-refractivity contribution in [3.63, 3.8) is 0 Å². The van der Waals surface area contributed by atoms with E-state index in [0.717, 1.165) is 21.5 Å². The second-order valence-corrected chi connectivity index (χ2v) is 6.23. The van der Waals surface area contributed by atoms with Gasteiger partial charge in [0, 0.05) is 26.7 Å². The summed E-state index contributed by atoms with van der Waals surface area (Å²) in [5.41, 5.74) is 7.37. The Bertz CT molecular complexity index is 562. The molecule has 106 valence electrons. The number of para-hydroxylation sites is 1. The quantitative estimate of drug-likeness (QED) is 0.770. The first-order valence-electron chi connectivity index (χ1n) is 6.57. The van der Waals surface area contributed by atoms with Crippen LogP contribution in [0.5, 0.6) is 5.75 Å². The lowest BCUT2D eigenvalue weighted by Gasteiger charge is -2.16. The first-order valence-corrected chi connectivity index (χ1v) is 8.35.